The molecule has 0 unspecified atom stereocenters. The van der Waals surface area contributed by atoms with E-state index in [0.717, 1.165) is 41.5 Å². The molecule has 1 saturated heterocycles. The van der Waals surface area contributed by atoms with Crippen molar-refractivity contribution in [3.8, 4) is 0 Å². The number of nitrogens with one attached hydrogen (secondary N) is 1. The van der Waals surface area contributed by atoms with Gasteiger partial charge in [-0.2, -0.15) is 0 Å². The third-order valence-electron chi connectivity index (χ3n) is 5.62. The van der Waals surface area contributed by atoms with Crippen molar-refractivity contribution in [1.29, 1.82) is 0 Å². The molecule has 1 fully saturated rings. The first-order valence-electron chi connectivity index (χ1n) is 10.3. The van der Waals surface area contributed by atoms with Crippen LogP contribution >= 0.6 is 0 Å². The largest absolute Gasteiger partial charge is 0.372 e. The standard InChI is InChI=1S/C24H31N3O2/c1-17-11-13-26(14-12-17)22-8-6-21(7-9-22)25-24(29)16-27(20(4)28)23-10-5-18(2)15-19(23)3/h5-10,15,17H,11-14,16H2,1-4H3,(H,25,29). The molecule has 0 aromatic heterocycles. The van der Waals surface area contributed by atoms with Crippen LogP contribution in [0.1, 0.15) is 37.8 Å². The maximum Gasteiger partial charge on any atom is 0.244 e. The summed E-state index contributed by atoms with van der Waals surface area (Å²) in [5.74, 6) is 0.438. The van der Waals surface area contributed by atoms with Crippen LogP contribution in [0, 0.1) is 19.8 Å². The van der Waals surface area contributed by atoms with Crippen molar-refractivity contribution in [2.75, 3.05) is 34.8 Å². The van der Waals surface area contributed by atoms with Gasteiger partial charge in [0.25, 0.3) is 0 Å². The quantitative estimate of drug-likeness (QED) is 0.812. The third kappa shape index (κ3) is 5.37. The second-order valence-electron chi connectivity index (χ2n) is 8.16. The minimum Gasteiger partial charge on any atom is -0.372 e. The SMILES string of the molecule is CC(=O)N(CC(=O)Nc1ccc(N2CCC(C)CC2)cc1)c1ccc(C)cc1C. The number of hydrogen-bond acceptors (Lipinski definition) is 3. The van der Waals surface area contributed by atoms with Crippen LogP contribution in [0.2, 0.25) is 0 Å². The number of benzene rings is 2. The summed E-state index contributed by atoms with van der Waals surface area (Å²) in [5.41, 5.74) is 4.81. The molecule has 3 rings (SSSR count). The van der Waals surface area contributed by atoms with Gasteiger partial charge in [-0.3, -0.25) is 9.59 Å². The summed E-state index contributed by atoms with van der Waals surface area (Å²) < 4.78 is 0. The van der Waals surface area contributed by atoms with Gasteiger partial charge in [0.15, 0.2) is 0 Å². The number of piperidine rings is 1. The number of nitrogens with zero attached hydrogens (tertiary/aromatic N) is 2. The van der Waals surface area contributed by atoms with Crippen molar-refractivity contribution in [2.45, 2.75) is 40.5 Å². The summed E-state index contributed by atoms with van der Waals surface area (Å²) in [4.78, 5) is 28.7. The summed E-state index contributed by atoms with van der Waals surface area (Å²) in [6, 6.07) is 13.8. The highest BCUT2D eigenvalue weighted by atomic mass is 16.2. The van der Waals surface area contributed by atoms with Crippen LogP contribution in [0.15, 0.2) is 42.5 Å². The van der Waals surface area contributed by atoms with Gasteiger partial charge in [-0.1, -0.05) is 24.6 Å². The molecule has 5 heteroatoms. The zero-order valence-corrected chi connectivity index (χ0v) is 17.9. The molecule has 0 bridgehead atoms. The molecule has 2 aromatic carbocycles. The van der Waals surface area contributed by atoms with Crippen molar-refractivity contribution < 1.29 is 9.59 Å². The number of carbonyl (C=O) groups excluding carboxylic acids is 2. The summed E-state index contributed by atoms with van der Waals surface area (Å²) in [7, 11) is 0. The van der Waals surface area contributed by atoms with E-state index in [1.54, 1.807) is 0 Å². The van der Waals surface area contributed by atoms with Gasteiger partial charge in [0.05, 0.1) is 0 Å². The van der Waals surface area contributed by atoms with Crippen LogP contribution in [0.5, 0.6) is 0 Å². The predicted octanol–water partition coefficient (Wildman–Crippen LogP) is 4.53. The van der Waals surface area contributed by atoms with Crippen molar-refractivity contribution in [1.82, 2.24) is 0 Å². The van der Waals surface area contributed by atoms with Crippen LogP contribution < -0.4 is 15.1 Å². The molecule has 0 saturated carbocycles. The Morgan fingerprint density at radius 1 is 1.07 bits per heavy atom. The fraction of sp³-hybridized carbons (Fsp3) is 0.417. The number of carbonyl (C=O) groups is 2. The van der Waals surface area contributed by atoms with E-state index >= 15 is 0 Å². The molecule has 0 radical (unpaired) electrons. The first-order valence-corrected chi connectivity index (χ1v) is 10.3. The van der Waals surface area contributed by atoms with Gasteiger partial charge >= 0.3 is 0 Å². The Morgan fingerprint density at radius 2 is 1.72 bits per heavy atom. The summed E-state index contributed by atoms with van der Waals surface area (Å²) in [6.07, 6.45) is 2.44. The summed E-state index contributed by atoms with van der Waals surface area (Å²) in [5, 5.41) is 2.91. The Balaban J connectivity index is 1.63. The average Bonchev–Trinajstić information content (AvgIpc) is 2.68. The molecule has 2 amide bonds. The van der Waals surface area contributed by atoms with Gasteiger partial charge in [0.2, 0.25) is 11.8 Å². The van der Waals surface area contributed by atoms with Gasteiger partial charge in [0, 0.05) is 37.1 Å². The van der Waals surface area contributed by atoms with Crippen LogP contribution in [0.3, 0.4) is 0 Å². The Kier molecular flexibility index (Phi) is 6.57. The lowest BCUT2D eigenvalue weighted by Gasteiger charge is -2.32. The van der Waals surface area contributed by atoms with Gasteiger partial charge in [0.1, 0.15) is 6.54 Å². The van der Waals surface area contributed by atoms with Crippen LogP contribution in [-0.2, 0) is 9.59 Å². The molecule has 0 spiro atoms. The van der Waals surface area contributed by atoms with E-state index in [-0.39, 0.29) is 18.4 Å². The molecule has 1 N–H and O–H groups in total. The molecule has 0 atom stereocenters. The molecule has 1 aliphatic heterocycles. The van der Waals surface area contributed by atoms with Gasteiger partial charge in [-0.15, -0.1) is 0 Å². The molecule has 1 aliphatic rings. The van der Waals surface area contributed by atoms with E-state index in [4.69, 9.17) is 0 Å². The number of amides is 2. The lowest BCUT2D eigenvalue weighted by atomic mass is 9.99. The van der Waals surface area contributed by atoms with Gasteiger partial charge < -0.3 is 15.1 Å². The molecule has 29 heavy (non-hydrogen) atoms. The van der Waals surface area contributed by atoms with Crippen molar-refractivity contribution >= 4 is 28.9 Å². The third-order valence-corrected chi connectivity index (χ3v) is 5.62. The lowest BCUT2D eigenvalue weighted by molar-refractivity contribution is -0.120. The first-order chi connectivity index (χ1) is 13.8. The minimum absolute atomic E-state index is 0.00893. The van der Waals surface area contributed by atoms with Crippen molar-refractivity contribution in [2.24, 2.45) is 5.92 Å². The number of rotatable bonds is 5. The second kappa shape index (κ2) is 9.12. The molecule has 154 valence electrons. The molecular formula is C24H31N3O2. The van der Waals surface area contributed by atoms with E-state index < -0.39 is 0 Å². The molecular weight excluding hydrogens is 362 g/mol. The van der Waals surface area contributed by atoms with Gasteiger partial charge in [-0.05, 0) is 68.5 Å². The maximum atomic E-state index is 12.6. The monoisotopic (exact) mass is 393 g/mol. The van der Waals surface area contributed by atoms with E-state index in [0.29, 0.717) is 0 Å². The smallest absolute Gasteiger partial charge is 0.244 e. The number of hydrogen-bond donors (Lipinski definition) is 1. The molecule has 0 aliphatic carbocycles. The van der Waals surface area contributed by atoms with Crippen molar-refractivity contribution in [3.63, 3.8) is 0 Å². The molecule has 1 heterocycles. The van der Waals surface area contributed by atoms with E-state index in [9.17, 15) is 9.59 Å². The Bertz CT molecular complexity index is 868. The van der Waals surface area contributed by atoms with E-state index in [1.165, 1.54) is 30.4 Å². The highest BCUT2D eigenvalue weighted by molar-refractivity contribution is 6.02. The molecule has 2 aromatic rings. The Labute approximate surface area is 173 Å². The first kappa shape index (κ1) is 20.9. The molecule has 5 nitrogen and oxygen atoms in total. The van der Waals surface area contributed by atoms with Crippen LogP contribution in [0.4, 0.5) is 17.1 Å². The van der Waals surface area contributed by atoms with Gasteiger partial charge in [-0.25, -0.2) is 0 Å². The normalized spacial score (nSPS) is 14.6. The lowest BCUT2D eigenvalue weighted by Crippen LogP contribution is -2.37. The zero-order valence-electron chi connectivity index (χ0n) is 17.9. The maximum absolute atomic E-state index is 12.6. The zero-order chi connectivity index (χ0) is 21.0. The Hall–Kier alpha value is -2.82. The average molecular weight is 394 g/mol. The van der Waals surface area contributed by atoms with E-state index in [2.05, 4.69) is 29.3 Å². The van der Waals surface area contributed by atoms with Crippen LogP contribution in [0.25, 0.3) is 0 Å². The second-order valence-corrected chi connectivity index (χ2v) is 8.16. The number of anilines is 3. The van der Waals surface area contributed by atoms with E-state index in [1.807, 2.05) is 44.2 Å². The number of aryl methyl sites for hydroxylation is 2. The highest BCUT2D eigenvalue weighted by Crippen LogP contribution is 2.25. The van der Waals surface area contributed by atoms with Crippen molar-refractivity contribution in [3.05, 3.63) is 53.6 Å². The summed E-state index contributed by atoms with van der Waals surface area (Å²) >= 11 is 0. The topological polar surface area (TPSA) is 52.7 Å². The predicted molar refractivity (Wildman–Crippen MR) is 120 cm³/mol. The fourth-order valence-electron chi connectivity index (χ4n) is 3.84. The fourth-order valence-corrected chi connectivity index (χ4v) is 3.84. The highest BCUT2D eigenvalue weighted by Gasteiger charge is 2.18. The Morgan fingerprint density at radius 3 is 2.31 bits per heavy atom. The summed E-state index contributed by atoms with van der Waals surface area (Å²) in [6.45, 7) is 9.91. The van der Waals surface area contributed by atoms with Crippen LogP contribution in [-0.4, -0.2) is 31.4 Å². The minimum atomic E-state index is -0.209.